The Labute approximate surface area is 148 Å². The minimum Gasteiger partial charge on any atom is -0.305 e. The second-order valence-corrected chi connectivity index (χ2v) is 5.64. The number of hydrogen-bond acceptors (Lipinski definition) is 2. The zero-order chi connectivity index (χ0) is 18.1. The van der Waals surface area contributed by atoms with E-state index in [1.54, 1.807) is 53.2 Å². The van der Waals surface area contributed by atoms with Crippen molar-refractivity contribution in [1.29, 1.82) is 0 Å². The highest BCUT2D eigenvalue weighted by Crippen LogP contribution is 2.28. The number of imidazole rings is 1. The average molecular weight is 349 g/mol. The molecule has 4 aromatic rings. The number of aromatic nitrogens is 2. The molecule has 0 atom stereocenters. The SMILES string of the molecule is O=C(c1cccc(F)c1F)N(c1ccccc1)c1cn2ccccc2n1. The molecule has 0 fully saturated rings. The first-order valence-electron chi connectivity index (χ1n) is 7.92. The summed E-state index contributed by atoms with van der Waals surface area (Å²) in [4.78, 5) is 18.8. The Morgan fingerprint density at radius 2 is 1.69 bits per heavy atom. The molecule has 2 aromatic carbocycles. The van der Waals surface area contributed by atoms with E-state index in [1.807, 2.05) is 12.1 Å². The molecule has 0 unspecified atom stereocenters. The van der Waals surface area contributed by atoms with Crippen LogP contribution >= 0.6 is 0 Å². The van der Waals surface area contributed by atoms with E-state index < -0.39 is 17.5 Å². The lowest BCUT2D eigenvalue weighted by Gasteiger charge is -2.20. The number of pyridine rings is 1. The van der Waals surface area contributed by atoms with E-state index in [2.05, 4.69) is 4.98 Å². The van der Waals surface area contributed by atoms with Gasteiger partial charge in [-0.3, -0.25) is 9.69 Å². The lowest BCUT2D eigenvalue weighted by molar-refractivity contribution is 0.0994. The van der Waals surface area contributed by atoms with Gasteiger partial charge in [-0.2, -0.15) is 0 Å². The van der Waals surface area contributed by atoms with Crippen molar-refractivity contribution < 1.29 is 13.6 Å². The molecule has 1 amide bonds. The Hall–Kier alpha value is -3.54. The van der Waals surface area contributed by atoms with Gasteiger partial charge in [0, 0.05) is 6.20 Å². The molecule has 6 heteroatoms. The molecule has 0 N–H and O–H groups in total. The molecule has 2 aromatic heterocycles. The number of para-hydroxylation sites is 1. The fraction of sp³-hybridized carbons (Fsp3) is 0. The molecule has 26 heavy (non-hydrogen) atoms. The number of hydrogen-bond donors (Lipinski definition) is 0. The normalized spacial score (nSPS) is 10.8. The van der Waals surface area contributed by atoms with Crippen molar-refractivity contribution in [1.82, 2.24) is 9.38 Å². The van der Waals surface area contributed by atoms with Gasteiger partial charge in [-0.15, -0.1) is 0 Å². The summed E-state index contributed by atoms with van der Waals surface area (Å²) < 4.78 is 29.6. The van der Waals surface area contributed by atoms with Gasteiger partial charge >= 0.3 is 0 Å². The van der Waals surface area contributed by atoms with Crippen molar-refractivity contribution in [3.63, 3.8) is 0 Å². The van der Waals surface area contributed by atoms with Crippen LogP contribution in [-0.4, -0.2) is 15.3 Å². The van der Waals surface area contributed by atoms with E-state index in [4.69, 9.17) is 0 Å². The van der Waals surface area contributed by atoms with Crippen LogP contribution in [0.15, 0.2) is 79.1 Å². The molecule has 0 saturated carbocycles. The highest BCUT2D eigenvalue weighted by atomic mass is 19.2. The predicted octanol–water partition coefficient (Wildman–Crippen LogP) is 4.59. The number of nitrogens with zero attached hydrogens (tertiary/aromatic N) is 3. The maximum absolute atomic E-state index is 14.2. The van der Waals surface area contributed by atoms with E-state index in [0.717, 1.165) is 6.07 Å². The number of carbonyl (C=O) groups excluding carboxylic acids is 1. The van der Waals surface area contributed by atoms with E-state index >= 15 is 0 Å². The van der Waals surface area contributed by atoms with Crippen LogP contribution in [0, 0.1) is 11.6 Å². The van der Waals surface area contributed by atoms with Crippen LogP contribution in [0.4, 0.5) is 20.3 Å². The molecular formula is C20H13F2N3O. The summed E-state index contributed by atoms with van der Waals surface area (Å²) in [6.45, 7) is 0. The third-order valence-corrected chi connectivity index (χ3v) is 3.98. The number of fused-ring (bicyclic) bond motifs is 1. The standard InChI is InChI=1S/C20H13F2N3O/c21-16-10-6-9-15(19(16)22)20(26)25(14-7-2-1-3-8-14)18-13-24-12-5-4-11-17(24)23-18/h1-13H. The fourth-order valence-corrected chi connectivity index (χ4v) is 2.75. The van der Waals surface area contributed by atoms with Crippen LogP contribution in [0.25, 0.3) is 5.65 Å². The van der Waals surface area contributed by atoms with Gasteiger partial charge in [0.1, 0.15) is 5.65 Å². The molecule has 4 rings (SSSR count). The van der Waals surface area contributed by atoms with Crippen LogP contribution in [0.2, 0.25) is 0 Å². The first-order chi connectivity index (χ1) is 12.6. The molecule has 0 aliphatic rings. The minimum absolute atomic E-state index is 0.316. The monoisotopic (exact) mass is 349 g/mol. The van der Waals surface area contributed by atoms with Gasteiger partial charge in [-0.25, -0.2) is 13.8 Å². The lowest BCUT2D eigenvalue weighted by atomic mass is 10.1. The summed E-state index contributed by atoms with van der Waals surface area (Å²) in [5.74, 6) is -2.63. The summed E-state index contributed by atoms with van der Waals surface area (Å²) in [7, 11) is 0. The van der Waals surface area contributed by atoms with Crippen LogP contribution in [0.5, 0.6) is 0 Å². The molecule has 0 aliphatic carbocycles. The third-order valence-electron chi connectivity index (χ3n) is 3.98. The van der Waals surface area contributed by atoms with E-state index in [0.29, 0.717) is 17.2 Å². The number of benzene rings is 2. The summed E-state index contributed by atoms with van der Waals surface area (Å²) in [5, 5.41) is 0. The largest absolute Gasteiger partial charge is 0.305 e. The van der Waals surface area contributed by atoms with Crippen molar-refractivity contribution in [2.24, 2.45) is 0 Å². The molecule has 4 nitrogen and oxygen atoms in total. The quantitative estimate of drug-likeness (QED) is 0.542. The Balaban J connectivity index is 1.88. The molecule has 0 bridgehead atoms. The van der Waals surface area contributed by atoms with Crippen molar-refractivity contribution in [3.05, 3.63) is 96.3 Å². The Kier molecular flexibility index (Phi) is 3.93. The predicted molar refractivity (Wildman–Crippen MR) is 94.5 cm³/mol. The fourth-order valence-electron chi connectivity index (χ4n) is 2.75. The maximum Gasteiger partial charge on any atom is 0.267 e. The van der Waals surface area contributed by atoms with Gasteiger partial charge in [0.2, 0.25) is 0 Å². The first kappa shape index (κ1) is 16.0. The minimum atomic E-state index is -1.18. The van der Waals surface area contributed by atoms with E-state index in [1.165, 1.54) is 17.0 Å². The number of halogens is 2. The Morgan fingerprint density at radius 1 is 0.923 bits per heavy atom. The highest BCUT2D eigenvalue weighted by molar-refractivity contribution is 6.10. The van der Waals surface area contributed by atoms with Gasteiger partial charge in [0.05, 0.1) is 17.4 Å². The van der Waals surface area contributed by atoms with E-state index in [-0.39, 0.29) is 5.56 Å². The van der Waals surface area contributed by atoms with Crippen LogP contribution in [0.3, 0.4) is 0 Å². The summed E-state index contributed by atoms with van der Waals surface area (Å²) in [5.41, 5.74) is 0.784. The van der Waals surface area contributed by atoms with Gasteiger partial charge in [-0.05, 0) is 36.4 Å². The molecule has 128 valence electrons. The summed E-state index contributed by atoms with van der Waals surface area (Å²) >= 11 is 0. The van der Waals surface area contributed by atoms with Gasteiger partial charge in [0.25, 0.3) is 5.91 Å². The topological polar surface area (TPSA) is 37.6 Å². The average Bonchev–Trinajstić information content (AvgIpc) is 3.08. The van der Waals surface area contributed by atoms with Crippen molar-refractivity contribution in [2.45, 2.75) is 0 Å². The number of anilines is 2. The molecule has 0 spiro atoms. The Morgan fingerprint density at radius 3 is 2.46 bits per heavy atom. The summed E-state index contributed by atoms with van der Waals surface area (Å²) in [6, 6.07) is 17.7. The van der Waals surface area contributed by atoms with Crippen LogP contribution in [-0.2, 0) is 0 Å². The highest BCUT2D eigenvalue weighted by Gasteiger charge is 2.25. The maximum atomic E-state index is 14.2. The summed E-state index contributed by atoms with van der Waals surface area (Å²) in [6.07, 6.45) is 3.46. The molecule has 0 saturated heterocycles. The second kappa shape index (κ2) is 6.40. The first-order valence-corrected chi connectivity index (χ1v) is 7.92. The van der Waals surface area contributed by atoms with Crippen molar-refractivity contribution in [2.75, 3.05) is 4.90 Å². The number of rotatable bonds is 3. The lowest BCUT2D eigenvalue weighted by Crippen LogP contribution is -2.27. The van der Waals surface area contributed by atoms with E-state index in [9.17, 15) is 13.6 Å². The third kappa shape index (κ3) is 2.71. The Bertz CT molecular complexity index is 1060. The van der Waals surface area contributed by atoms with Gasteiger partial charge in [-0.1, -0.05) is 30.3 Å². The number of amides is 1. The molecule has 0 radical (unpaired) electrons. The number of carbonyl (C=O) groups is 1. The smallest absolute Gasteiger partial charge is 0.267 e. The van der Waals surface area contributed by atoms with Crippen LogP contribution in [0.1, 0.15) is 10.4 Å². The zero-order valence-electron chi connectivity index (χ0n) is 13.5. The molecule has 2 heterocycles. The molecular weight excluding hydrogens is 336 g/mol. The van der Waals surface area contributed by atoms with Crippen molar-refractivity contribution in [3.8, 4) is 0 Å². The zero-order valence-corrected chi connectivity index (χ0v) is 13.5. The molecule has 0 aliphatic heterocycles. The van der Waals surface area contributed by atoms with Crippen molar-refractivity contribution >= 4 is 23.1 Å². The second-order valence-electron chi connectivity index (χ2n) is 5.64. The van der Waals surface area contributed by atoms with Gasteiger partial charge < -0.3 is 4.40 Å². The van der Waals surface area contributed by atoms with Gasteiger partial charge in [0.15, 0.2) is 17.5 Å². The van der Waals surface area contributed by atoms with Crippen LogP contribution < -0.4 is 4.90 Å².